The number of Topliss-reactive ketones (excluding diaryl/α,β-unsaturated/α-hetero) is 1. The number of methoxy groups -OCH3 is 1. The number of ether oxygens (including phenoxy) is 1. The molecule has 1 aromatic rings. The Labute approximate surface area is 119 Å². The molecule has 2 rings (SSSR count). The summed E-state index contributed by atoms with van der Waals surface area (Å²) in [6, 6.07) is 4.95. The van der Waals surface area contributed by atoms with E-state index in [0.29, 0.717) is 5.56 Å². The van der Waals surface area contributed by atoms with Gasteiger partial charge in [0.25, 0.3) is 0 Å². The number of carbonyl (C=O) groups is 1. The van der Waals surface area contributed by atoms with Crippen molar-refractivity contribution in [1.82, 2.24) is 4.90 Å². The summed E-state index contributed by atoms with van der Waals surface area (Å²) in [4.78, 5) is 14.7. The highest BCUT2D eigenvalue weighted by Gasteiger charge is 2.42. The van der Waals surface area contributed by atoms with Crippen LogP contribution in [0.5, 0.6) is 5.75 Å². The Balaban J connectivity index is 2.23. The van der Waals surface area contributed by atoms with Gasteiger partial charge in [-0.25, -0.2) is 4.39 Å². The van der Waals surface area contributed by atoms with Crippen molar-refractivity contribution in [1.29, 1.82) is 0 Å². The van der Waals surface area contributed by atoms with E-state index in [9.17, 15) is 9.18 Å². The molecule has 0 aliphatic heterocycles. The first-order valence-corrected chi connectivity index (χ1v) is 7.03. The molecule has 0 spiro atoms. The fraction of sp³-hybridized carbons (Fsp3) is 0.562. The van der Waals surface area contributed by atoms with Crippen molar-refractivity contribution in [3.63, 3.8) is 0 Å². The average Bonchev–Trinajstić information content (AvgIpc) is 2.92. The van der Waals surface area contributed by atoms with Gasteiger partial charge in [0.05, 0.1) is 12.6 Å². The second-order valence-corrected chi connectivity index (χ2v) is 5.67. The van der Waals surface area contributed by atoms with Crippen molar-refractivity contribution in [3.05, 3.63) is 29.6 Å². The number of hydrogen-bond donors (Lipinski definition) is 0. The summed E-state index contributed by atoms with van der Waals surface area (Å²) >= 11 is 0. The van der Waals surface area contributed by atoms with Crippen LogP contribution < -0.4 is 4.74 Å². The zero-order valence-electron chi connectivity index (χ0n) is 12.4. The van der Waals surface area contributed by atoms with Crippen molar-refractivity contribution in [3.8, 4) is 5.75 Å². The Morgan fingerprint density at radius 3 is 2.55 bits per heavy atom. The molecule has 0 heterocycles. The number of rotatable bonds is 5. The third-order valence-electron chi connectivity index (χ3n) is 4.42. The maximum atomic E-state index is 14.2. The molecule has 4 heteroatoms. The lowest BCUT2D eigenvalue weighted by Crippen LogP contribution is -2.49. The fourth-order valence-corrected chi connectivity index (χ4v) is 3.12. The summed E-state index contributed by atoms with van der Waals surface area (Å²) in [5, 5.41) is 0. The van der Waals surface area contributed by atoms with E-state index in [4.69, 9.17) is 4.74 Å². The number of ketones is 1. The Bertz CT molecular complexity index is 493. The lowest BCUT2D eigenvalue weighted by Gasteiger charge is -2.34. The zero-order valence-corrected chi connectivity index (χ0v) is 12.4. The van der Waals surface area contributed by atoms with Crippen LogP contribution >= 0.6 is 0 Å². The fourth-order valence-electron chi connectivity index (χ4n) is 3.12. The van der Waals surface area contributed by atoms with Gasteiger partial charge in [-0.3, -0.25) is 9.69 Å². The van der Waals surface area contributed by atoms with E-state index in [-0.39, 0.29) is 18.0 Å². The largest absolute Gasteiger partial charge is 0.494 e. The maximum Gasteiger partial charge on any atom is 0.168 e. The number of carbonyl (C=O) groups excluding carboxylic acids is 1. The monoisotopic (exact) mass is 279 g/mol. The molecule has 1 aliphatic rings. The second kappa shape index (κ2) is 5.92. The van der Waals surface area contributed by atoms with E-state index >= 15 is 0 Å². The van der Waals surface area contributed by atoms with Crippen molar-refractivity contribution in [2.45, 2.75) is 37.6 Å². The van der Waals surface area contributed by atoms with E-state index in [1.54, 1.807) is 18.2 Å². The predicted octanol–water partition coefficient (Wildman–Crippen LogP) is 2.82. The topological polar surface area (TPSA) is 29.5 Å². The summed E-state index contributed by atoms with van der Waals surface area (Å²) in [5.41, 5.74) is -0.00216. The molecule has 1 fully saturated rings. The Kier molecular flexibility index (Phi) is 4.43. The molecule has 0 aromatic heterocycles. The first kappa shape index (κ1) is 15.0. The van der Waals surface area contributed by atoms with Crippen molar-refractivity contribution >= 4 is 5.78 Å². The first-order chi connectivity index (χ1) is 9.51. The van der Waals surface area contributed by atoms with Crippen molar-refractivity contribution in [2.24, 2.45) is 0 Å². The Morgan fingerprint density at radius 2 is 2.00 bits per heavy atom. The molecule has 110 valence electrons. The van der Waals surface area contributed by atoms with Crippen LogP contribution in [0.4, 0.5) is 4.39 Å². The van der Waals surface area contributed by atoms with Crippen LogP contribution in [-0.2, 0) is 11.2 Å². The number of halogens is 1. The smallest absolute Gasteiger partial charge is 0.168 e. The van der Waals surface area contributed by atoms with Gasteiger partial charge in [-0.05, 0) is 38.6 Å². The van der Waals surface area contributed by atoms with Gasteiger partial charge in [-0.1, -0.05) is 25.0 Å². The summed E-state index contributed by atoms with van der Waals surface area (Å²) < 4.78 is 19.1. The number of benzene rings is 1. The minimum atomic E-state index is -0.421. The van der Waals surface area contributed by atoms with E-state index in [2.05, 4.69) is 0 Å². The highest BCUT2D eigenvalue weighted by atomic mass is 19.1. The van der Waals surface area contributed by atoms with Crippen LogP contribution in [0.25, 0.3) is 0 Å². The van der Waals surface area contributed by atoms with E-state index in [0.717, 1.165) is 25.7 Å². The first-order valence-electron chi connectivity index (χ1n) is 7.03. The standard InChI is InChI=1S/C16H22FNO2/c1-18(2)16(9-4-5-10-16)14(19)11-12-7-6-8-13(20-3)15(12)17/h6-8H,4-5,9-11H2,1-3H3. The molecule has 1 aromatic carbocycles. The summed E-state index contributed by atoms with van der Waals surface area (Å²) in [7, 11) is 5.30. The minimum absolute atomic E-state index is 0.104. The second-order valence-electron chi connectivity index (χ2n) is 5.67. The third-order valence-corrected chi connectivity index (χ3v) is 4.42. The van der Waals surface area contributed by atoms with Crippen LogP contribution in [0.1, 0.15) is 31.2 Å². The van der Waals surface area contributed by atoms with E-state index < -0.39 is 11.4 Å². The van der Waals surface area contributed by atoms with Gasteiger partial charge in [-0.2, -0.15) is 0 Å². The summed E-state index contributed by atoms with van der Waals surface area (Å²) in [5.74, 6) is -0.122. The van der Waals surface area contributed by atoms with Gasteiger partial charge in [0.1, 0.15) is 0 Å². The molecular weight excluding hydrogens is 257 g/mol. The Morgan fingerprint density at radius 1 is 1.35 bits per heavy atom. The molecule has 0 N–H and O–H groups in total. The third kappa shape index (κ3) is 2.57. The van der Waals surface area contributed by atoms with Gasteiger partial charge in [0.15, 0.2) is 17.3 Å². The predicted molar refractivity (Wildman–Crippen MR) is 76.5 cm³/mol. The van der Waals surface area contributed by atoms with Gasteiger partial charge < -0.3 is 4.74 Å². The number of likely N-dealkylation sites (N-methyl/N-ethyl adjacent to an activating group) is 1. The highest BCUT2D eigenvalue weighted by molar-refractivity contribution is 5.90. The quantitative estimate of drug-likeness (QED) is 0.830. The van der Waals surface area contributed by atoms with Crippen LogP contribution in [0, 0.1) is 5.82 Å². The van der Waals surface area contributed by atoms with Gasteiger partial charge in [0, 0.05) is 6.42 Å². The maximum absolute atomic E-state index is 14.2. The SMILES string of the molecule is COc1cccc(CC(=O)C2(N(C)C)CCCC2)c1F. The van der Waals surface area contributed by atoms with Crippen LogP contribution in [0.2, 0.25) is 0 Å². The van der Waals surface area contributed by atoms with Crippen molar-refractivity contribution < 1.29 is 13.9 Å². The molecule has 3 nitrogen and oxygen atoms in total. The zero-order chi connectivity index (χ0) is 14.8. The molecule has 0 bridgehead atoms. The molecule has 1 aliphatic carbocycles. The molecular formula is C16H22FNO2. The summed E-state index contributed by atoms with van der Waals surface area (Å²) in [6.07, 6.45) is 3.98. The average molecular weight is 279 g/mol. The lowest BCUT2D eigenvalue weighted by molar-refractivity contribution is -0.128. The molecule has 0 saturated heterocycles. The highest BCUT2D eigenvalue weighted by Crippen LogP contribution is 2.36. The summed E-state index contributed by atoms with van der Waals surface area (Å²) in [6.45, 7) is 0. The molecule has 20 heavy (non-hydrogen) atoms. The molecule has 0 radical (unpaired) electrons. The van der Waals surface area contributed by atoms with Crippen LogP contribution in [0.15, 0.2) is 18.2 Å². The van der Waals surface area contributed by atoms with E-state index in [1.807, 2.05) is 19.0 Å². The van der Waals surface area contributed by atoms with Crippen LogP contribution in [0.3, 0.4) is 0 Å². The molecule has 0 amide bonds. The van der Waals surface area contributed by atoms with Crippen LogP contribution in [-0.4, -0.2) is 37.4 Å². The minimum Gasteiger partial charge on any atom is -0.494 e. The Hall–Kier alpha value is -1.42. The van der Waals surface area contributed by atoms with Gasteiger partial charge >= 0.3 is 0 Å². The van der Waals surface area contributed by atoms with E-state index in [1.165, 1.54) is 7.11 Å². The van der Waals surface area contributed by atoms with Gasteiger partial charge in [-0.15, -0.1) is 0 Å². The molecule has 1 saturated carbocycles. The van der Waals surface area contributed by atoms with Gasteiger partial charge in [0.2, 0.25) is 0 Å². The number of hydrogen-bond acceptors (Lipinski definition) is 3. The van der Waals surface area contributed by atoms with Crippen molar-refractivity contribution in [2.75, 3.05) is 21.2 Å². The molecule has 0 atom stereocenters. The normalized spacial score (nSPS) is 17.4. The lowest BCUT2D eigenvalue weighted by atomic mass is 9.87. The molecule has 0 unspecified atom stereocenters. The number of nitrogens with zero attached hydrogens (tertiary/aromatic N) is 1.